The summed E-state index contributed by atoms with van der Waals surface area (Å²) in [5.74, 6) is 0.903. The van der Waals surface area contributed by atoms with Gasteiger partial charge in [0.05, 0.1) is 0 Å². The monoisotopic (exact) mass is 346 g/mol. The van der Waals surface area contributed by atoms with Gasteiger partial charge in [0.25, 0.3) is 0 Å². The summed E-state index contributed by atoms with van der Waals surface area (Å²) in [6, 6.07) is 33.5. The zero-order valence-corrected chi connectivity index (χ0v) is 14.8. The molecule has 0 bridgehead atoms. The number of furan rings is 1. The van der Waals surface area contributed by atoms with E-state index in [-0.39, 0.29) is 0 Å². The van der Waals surface area contributed by atoms with E-state index in [4.69, 9.17) is 4.42 Å². The molecule has 0 fully saturated rings. The van der Waals surface area contributed by atoms with Crippen molar-refractivity contribution in [2.45, 2.75) is 0 Å². The fourth-order valence-corrected chi connectivity index (χ4v) is 3.45. The molecular weight excluding hydrogens is 328 g/mol. The fourth-order valence-electron chi connectivity index (χ4n) is 3.45. The average Bonchev–Trinajstić information content (AvgIpc) is 3.18. The van der Waals surface area contributed by atoms with Gasteiger partial charge < -0.3 is 4.42 Å². The molecule has 0 atom stereocenters. The third-order valence-electron chi connectivity index (χ3n) is 4.89. The first-order chi connectivity index (χ1) is 13.4. The van der Waals surface area contributed by atoms with E-state index in [1.807, 2.05) is 18.2 Å². The van der Waals surface area contributed by atoms with Crippen molar-refractivity contribution in [2.24, 2.45) is 0 Å². The van der Waals surface area contributed by atoms with E-state index in [0.29, 0.717) is 0 Å². The molecule has 0 spiro atoms. The summed E-state index contributed by atoms with van der Waals surface area (Å²) >= 11 is 0. The molecule has 0 saturated carbocycles. The number of fused-ring (bicyclic) bond motifs is 3. The van der Waals surface area contributed by atoms with Gasteiger partial charge in [-0.05, 0) is 34.0 Å². The lowest BCUT2D eigenvalue weighted by Crippen LogP contribution is -1.76. The van der Waals surface area contributed by atoms with Crippen LogP contribution in [0.5, 0.6) is 0 Å². The Morgan fingerprint density at radius 3 is 2.07 bits per heavy atom. The Bertz CT molecular complexity index is 1240. The molecule has 5 aromatic rings. The summed E-state index contributed by atoms with van der Waals surface area (Å²) in [6.45, 7) is 0. The van der Waals surface area contributed by atoms with E-state index in [1.54, 1.807) is 0 Å². The lowest BCUT2D eigenvalue weighted by atomic mass is 10.1. The third kappa shape index (κ3) is 3.04. The Morgan fingerprint density at radius 2 is 1.26 bits per heavy atom. The Balaban J connectivity index is 1.48. The predicted molar refractivity (Wildman–Crippen MR) is 115 cm³/mol. The molecule has 0 aliphatic rings. The quantitative estimate of drug-likeness (QED) is 0.310. The molecule has 128 valence electrons. The van der Waals surface area contributed by atoms with E-state index in [0.717, 1.165) is 22.3 Å². The average molecular weight is 346 g/mol. The minimum absolute atomic E-state index is 0.903. The van der Waals surface area contributed by atoms with Gasteiger partial charge >= 0.3 is 0 Å². The van der Waals surface area contributed by atoms with Crippen molar-refractivity contribution in [3.8, 4) is 11.3 Å². The SMILES string of the molecule is C(=Cc1ccc(-c2cc3c(ccc4ccccc43)o2)cc1)c1ccccc1. The molecule has 5 rings (SSSR count). The maximum atomic E-state index is 6.11. The number of rotatable bonds is 3. The van der Waals surface area contributed by atoms with Gasteiger partial charge in [-0.3, -0.25) is 0 Å². The van der Waals surface area contributed by atoms with Gasteiger partial charge in [-0.25, -0.2) is 0 Å². The Kier molecular flexibility index (Phi) is 3.84. The number of benzene rings is 4. The highest BCUT2D eigenvalue weighted by Gasteiger charge is 2.08. The van der Waals surface area contributed by atoms with Crippen LogP contribution >= 0.6 is 0 Å². The molecule has 0 aliphatic carbocycles. The van der Waals surface area contributed by atoms with Crippen LogP contribution in [0.2, 0.25) is 0 Å². The highest BCUT2D eigenvalue weighted by atomic mass is 16.3. The minimum atomic E-state index is 0.903. The van der Waals surface area contributed by atoms with E-state index in [1.165, 1.54) is 21.9 Å². The Morgan fingerprint density at radius 1 is 0.556 bits per heavy atom. The summed E-state index contributed by atoms with van der Waals surface area (Å²) in [4.78, 5) is 0. The van der Waals surface area contributed by atoms with Gasteiger partial charge in [0.1, 0.15) is 11.3 Å². The summed E-state index contributed by atoms with van der Waals surface area (Å²) in [6.07, 6.45) is 4.26. The molecule has 0 radical (unpaired) electrons. The van der Waals surface area contributed by atoms with Crippen molar-refractivity contribution in [2.75, 3.05) is 0 Å². The second kappa shape index (κ2) is 6.62. The zero-order valence-electron chi connectivity index (χ0n) is 14.8. The Labute approximate surface area is 158 Å². The molecule has 1 heterocycles. The molecule has 0 amide bonds. The normalized spacial score (nSPS) is 11.6. The van der Waals surface area contributed by atoms with Gasteiger partial charge in [0, 0.05) is 10.9 Å². The molecule has 1 heteroatoms. The minimum Gasteiger partial charge on any atom is -0.456 e. The summed E-state index contributed by atoms with van der Waals surface area (Å²) in [7, 11) is 0. The lowest BCUT2D eigenvalue weighted by Gasteiger charge is -1.98. The second-order valence-electron chi connectivity index (χ2n) is 6.68. The van der Waals surface area contributed by atoms with Gasteiger partial charge in [-0.15, -0.1) is 0 Å². The largest absolute Gasteiger partial charge is 0.456 e. The highest BCUT2D eigenvalue weighted by molar-refractivity contribution is 6.07. The molecule has 1 aromatic heterocycles. The van der Waals surface area contributed by atoms with Crippen molar-refractivity contribution < 1.29 is 4.42 Å². The summed E-state index contributed by atoms with van der Waals surface area (Å²) in [5.41, 5.74) is 4.39. The topological polar surface area (TPSA) is 13.1 Å². The van der Waals surface area contributed by atoms with Crippen LogP contribution in [0.25, 0.3) is 45.2 Å². The first-order valence-electron chi connectivity index (χ1n) is 9.12. The lowest BCUT2D eigenvalue weighted by molar-refractivity contribution is 0.632. The van der Waals surface area contributed by atoms with Crippen LogP contribution in [0.1, 0.15) is 11.1 Å². The maximum absolute atomic E-state index is 6.11. The fraction of sp³-hybridized carbons (Fsp3) is 0. The molecule has 27 heavy (non-hydrogen) atoms. The van der Waals surface area contributed by atoms with Crippen LogP contribution in [-0.2, 0) is 0 Å². The second-order valence-corrected chi connectivity index (χ2v) is 6.68. The first-order valence-corrected chi connectivity index (χ1v) is 9.12. The van der Waals surface area contributed by atoms with E-state index in [2.05, 4.69) is 91.0 Å². The van der Waals surface area contributed by atoms with E-state index < -0.39 is 0 Å². The molecule has 0 N–H and O–H groups in total. The van der Waals surface area contributed by atoms with Crippen molar-refractivity contribution >= 4 is 33.9 Å². The maximum Gasteiger partial charge on any atom is 0.135 e. The first kappa shape index (κ1) is 15.7. The van der Waals surface area contributed by atoms with Crippen LogP contribution in [0.15, 0.2) is 101 Å². The van der Waals surface area contributed by atoms with Crippen molar-refractivity contribution in [3.05, 3.63) is 108 Å². The predicted octanol–water partition coefficient (Wildman–Crippen LogP) is 7.42. The molecular formula is C26H18O. The van der Waals surface area contributed by atoms with Crippen LogP contribution < -0.4 is 0 Å². The zero-order chi connectivity index (χ0) is 18.1. The van der Waals surface area contributed by atoms with Crippen molar-refractivity contribution in [1.82, 2.24) is 0 Å². The van der Waals surface area contributed by atoms with Crippen molar-refractivity contribution in [1.29, 1.82) is 0 Å². The van der Waals surface area contributed by atoms with Crippen LogP contribution in [0.4, 0.5) is 0 Å². The Hall–Kier alpha value is -3.58. The molecule has 0 unspecified atom stereocenters. The van der Waals surface area contributed by atoms with Gasteiger partial charge in [-0.1, -0.05) is 97.1 Å². The van der Waals surface area contributed by atoms with Crippen molar-refractivity contribution in [3.63, 3.8) is 0 Å². The number of hydrogen-bond acceptors (Lipinski definition) is 1. The van der Waals surface area contributed by atoms with Gasteiger partial charge in [0.15, 0.2) is 0 Å². The molecule has 0 aliphatic heterocycles. The van der Waals surface area contributed by atoms with Gasteiger partial charge in [0.2, 0.25) is 0 Å². The van der Waals surface area contributed by atoms with Crippen LogP contribution in [0, 0.1) is 0 Å². The highest BCUT2D eigenvalue weighted by Crippen LogP contribution is 2.32. The standard InChI is InChI=1S/C26H18O/c1-2-6-19(7-3-1)10-11-20-12-14-22(15-13-20)26-18-24-23-9-5-4-8-21(23)16-17-25(24)27-26/h1-18H. The summed E-state index contributed by atoms with van der Waals surface area (Å²) < 4.78 is 6.11. The van der Waals surface area contributed by atoms with Crippen LogP contribution in [0.3, 0.4) is 0 Å². The molecule has 0 saturated heterocycles. The van der Waals surface area contributed by atoms with E-state index >= 15 is 0 Å². The summed E-state index contributed by atoms with van der Waals surface area (Å²) in [5, 5.41) is 3.63. The molecule has 4 aromatic carbocycles. The smallest absolute Gasteiger partial charge is 0.135 e. The van der Waals surface area contributed by atoms with Gasteiger partial charge in [-0.2, -0.15) is 0 Å². The number of hydrogen-bond donors (Lipinski definition) is 0. The van der Waals surface area contributed by atoms with Crippen LogP contribution in [-0.4, -0.2) is 0 Å². The third-order valence-corrected chi connectivity index (χ3v) is 4.89. The van der Waals surface area contributed by atoms with E-state index in [9.17, 15) is 0 Å². The molecule has 1 nitrogen and oxygen atoms in total.